The second-order valence-corrected chi connectivity index (χ2v) is 2.62. The van der Waals surface area contributed by atoms with Gasteiger partial charge < -0.3 is 9.84 Å². The van der Waals surface area contributed by atoms with Crippen LogP contribution in [0.1, 0.15) is 20.8 Å². The van der Waals surface area contributed by atoms with Gasteiger partial charge in [-0.3, -0.25) is 0 Å². The number of esters is 1. The molecule has 1 aliphatic heterocycles. The van der Waals surface area contributed by atoms with Crippen LogP contribution < -0.4 is 0 Å². The molecule has 1 rings (SSSR count). The molecule has 56 valence electrons. The molecule has 0 fully saturated rings. The van der Waals surface area contributed by atoms with Crippen LogP contribution in [0.3, 0.4) is 0 Å². The van der Waals surface area contributed by atoms with E-state index in [0.717, 1.165) is 0 Å². The normalized spacial score (nSPS) is 33.0. The molecule has 3 heteroatoms. The molecule has 3 nitrogen and oxygen atoms in total. The van der Waals surface area contributed by atoms with Crippen molar-refractivity contribution in [2.24, 2.45) is 0 Å². The van der Waals surface area contributed by atoms with Crippen LogP contribution in [0.15, 0.2) is 11.1 Å². The molecule has 0 unspecified atom stereocenters. The number of hydrogen-bond donors (Lipinski definition) is 1. The van der Waals surface area contributed by atoms with Gasteiger partial charge in [-0.1, -0.05) is 0 Å². The van der Waals surface area contributed by atoms with Gasteiger partial charge >= 0.3 is 5.97 Å². The van der Waals surface area contributed by atoms with E-state index in [1.807, 2.05) is 0 Å². The van der Waals surface area contributed by atoms with Crippen molar-refractivity contribution in [3.63, 3.8) is 0 Å². The number of carbonyl (C=O) groups is 1. The predicted octanol–water partition coefficient (Wildman–Crippen LogP) is 0.588. The Morgan fingerprint density at radius 1 is 1.50 bits per heavy atom. The summed E-state index contributed by atoms with van der Waals surface area (Å²) in [6.07, 6.45) is 0. The quantitative estimate of drug-likeness (QED) is 0.503. The Balaban J connectivity index is 3.06. The van der Waals surface area contributed by atoms with Crippen LogP contribution in [0, 0.1) is 0 Å². The fourth-order valence-corrected chi connectivity index (χ4v) is 0.835. The van der Waals surface area contributed by atoms with Gasteiger partial charge in [0.15, 0.2) is 0 Å². The van der Waals surface area contributed by atoms with Crippen molar-refractivity contribution in [2.75, 3.05) is 0 Å². The monoisotopic (exact) mass is 142 g/mol. The fraction of sp³-hybridized carbons (Fsp3) is 0.571. The van der Waals surface area contributed by atoms with Crippen LogP contribution in [-0.4, -0.2) is 16.9 Å². The van der Waals surface area contributed by atoms with Crippen molar-refractivity contribution in [2.45, 2.75) is 26.6 Å². The Bertz CT molecular complexity index is 213. The number of aliphatic hydroxyl groups is 1. The van der Waals surface area contributed by atoms with E-state index in [9.17, 15) is 9.90 Å². The number of ether oxygens (including phenoxy) is 1. The lowest BCUT2D eigenvalue weighted by Gasteiger charge is -2.16. The lowest BCUT2D eigenvalue weighted by Crippen LogP contribution is -2.25. The van der Waals surface area contributed by atoms with Crippen LogP contribution in [0.25, 0.3) is 0 Å². The highest BCUT2D eigenvalue weighted by Crippen LogP contribution is 2.28. The number of hydrogen-bond acceptors (Lipinski definition) is 3. The predicted molar refractivity (Wildman–Crippen MR) is 35.1 cm³/mol. The van der Waals surface area contributed by atoms with E-state index in [4.69, 9.17) is 0 Å². The third-order valence-electron chi connectivity index (χ3n) is 1.86. The SMILES string of the molecule is CC1=C(C)[C@](C)(O)OC1=O. The summed E-state index contributed by atoms with van der Waals surface area (Å²) in [6, 6.07) is 0. The molecule has 1 heterocycles. The highest BCUT2D eigenvalue weighted by molar-refractivity contribution is 5.91. The Morgan fingerprint density at radius 2 is 2.00 bits per heavy atom. The lowest BCUT2D eigenvalue weighted by atomic mass is 10.1. The second-order valence-electron chi connectivity index (χ2n) is 2.62. The molecule has 0 spiro atoms. The van der Waals surface area contributed by atoms with Gasteiger partial charge in [0.2, 0.25) is 5.79 Å². The molecule has 1 atom stereocenters. The van der Waals surface area contributed by atoms with Crippen LogP contribution in [0.5, 0.6) is 0 Å². The van der Waals surface area contributed by atoms with Gasteiger partial charge in [-0.05, 0) is 13.8 Å². The van der Waals surface area contributed by atoms with E-state index in [1.54, 1.807) is 13.8 Å². The molecule has 1 aliphatic rings. The molecular weight excluding hydrogens is 132 g/mol. The summed E-state index contributed by atoms with van der Waals surface area (Å²) in [6.45, 7) is 4.77. The van der Waals surface area contributed by atoms with Gasteiger partial charge in [-0.15, -0.1) is 0 Å². The van der Waals surface area contributed by atoms with E-state index in [0.29, 0.717) is 11.1 Å². The highest BCUT2D eigenvalue weighted by Gasteiger charge is 2.37. The zero-order valence-electron chi connectivity index (χ0n) is 6.26. The number of carbonyl (C=O) groups excluding carboxylic acids is 1. The fourth-order valence-electron chi connectivity index (χ4n) is 0.835. The topological polar surface area (TPSA) is 46.5 Å². The van der Waals surface area contributed by atoms with Crippen molar-refractivity contribution in [3.05, 3.63) is 11.1 Å². The zero-order valence-corrected chi connectivity index (χ0v) is 6.26. The average molecular weight is 142 g/mol. The highest BCUT2D eigenvalue weighted by atomic mass is 16.7. The van der Waals surface area contributed by atoms with Crippen molar-refractivity contribution < 1.29 is 14.6 Å². The third-order valence-corrected chi connectivity index (χ3v) is 1.86. The Labute approximate surface area is 59.3 Å². The summed E-state index contributed by atoms with van der Waals surface area (Å²) in [5.41, 5.74) is 1.10. The van der Waals surface area contributed by atoms with Gasteiger partial charge in [0.25, 0.3) is 0 Å². The second kappa shape index (κ2) is 1.83. The summed E-state index contributed by atoms with van der Waals surface area (Å²) in [5.74, 6) is -1.80. The first kappa shape index (κ1) is 7.28. The molecule has 0 saturated heterocycles. The molecule has 1 N–H and O–H groups in total. The maximum Gasteiger partial charge on any atom is 0.336 e. The van der Waals surface area contributed by atoms with Gasteiger partial charge in [-0.25, -0.2) is 4.79 Å². The Hall–Kier alpha value is -0.830. The van der Waals surface area contributed by atoms with Gasteiger partial charge in [-0.2, -0.15) is 0 Å². The van der Waals surface area contributed by atoms with E-state index in [2.05, 4.69) is 4.74 Å². The molecule has 0 radical (unpaired) electrons. The summed E-state index contributed by atoms with van der Waals surface area (Å²) >= 11 is 0. The molecule has 0 aliphatic carbocycles. The summed E-state index contributed by atoms with van der Waals surface area (Å²) < 4.78 is 4.62. The summed E-state index contributed by atoms with van der Waals surface area (Å²) in [7, 11) is 0. The minimum Gasteiger partial charge on any atom is -0.426 e. The van der Waals surface area contributed by atoms with Crippen molar-refractivity contribution >= 4 is 5.97 Å². The summed E-state index contributed by atoms with van der Waals surface area (Å²) in [4.78, 5) is 10.8. The molecule has 0 aromatic heterocycles. The maximum absolute atomic E-state index is 10.8. The van der Waals surface area contributed by atoms with E-state index in [-0.39, 0.29) is 0 Å². The van der Waals surface area contributed by atoms with Crippen molar-refractivity contribution in [1.29, 1.82) is 0 Å². The largest absolute Gasteiger partial charge is 0.426 e. The molecular formula is C7H10O3. The van der Waals surface area contributed by atoms with Crippen molar-refractivity contribution in [1.82, 2.24) is 0 Å². The molecule has 10 heavy (non-hydrogen) atoms. The third kappa shape index (κ3) is 0.827. The van der Waals surface area contributed by atoms with Crippen molar-refractivity contribution in [3.8, 4) is 0 Å². The molecule has 0 amide bonds. The standard InChI is InChI=1S/C7H10O3/c1-4-5(2)7(3,9)10-6(4)8/h9H,1-3H3/t7-/m1/s1. The van der Waals surface area contributed by atoms with Gasteiger partial charge in [0, 0.05) is 18.1 Å². The van der Waals surface area contributed by atoms with Crippen LogP contribution in [-0.2, 0) is 9.53 Å². The lowest BCUT2D eigenvalue weighted by molar-refractivity contribution is -0.175. The van der Waals surface area contributed by atoms with Crippen LogP contribution in [0.2, 0.25) is 0 Å². The molecule has 0 aromatic rings. The molecule has 0 aromatic carbocycles. The minimum atomic E-state index is -1.37. The molecule has 0 bridgehead atoms. The average Bonchev–Trinajstić information content (AvgIpc) is 1.95. The summed E-state index contributed by atoms with van der Waals surface area (Å²) in [5, 5.41) is 9.30. The smallest absolute Gasteiger partial charge is 0.336 e. The van der Waals surface area contributed by atoms with Crippen LogP contribution in [0.4, 0.5) is 0 Å². The molecule has 0 saturated carbocycles. The van der Waals surface area contributed by atoms with Crippen LogP contribution >= 0.6 is 0 Å². The first-order chi connectivity index (χ1) is 4.45. The maximum atomic E-state index is 10.8. The number of rotatable bonds is 0. The van der Waals surface area contributed by atoms with E-state index < -0.39 is 11.8 Å². The first-order valence-corrected chi connectivity index (χ1v) is 3.09. The Morgan fingerprint density at radius 3 is 2.10 bits per heavy atom. The number of cyclic esters (lactones) is 1. The Kier molecular flexibility index (Phi) is 1.33. The van der Waals surface area contributed by atoms with Gasteiger partial charge in [0.1, 0.15) is 0 Å². The minimum absolute atomic E-state index is 0.428. The van der Waals surface area contributed by atoms with E-state index in [1.165, 1.54) is 6.92 Å². The van der Waals surface area contributed by atoms with Gasteiger partial charge in [0.05, 0.1) is 0 Å². The van der Waals surface area contributed by atoms with E-state index >= 15 is 0 Å². The first-order valence-electron chi connectivity index (χ1n) is 3.09. The zero-order chi connectivity index (χ0) is 7.94.